The quantitative estimate of drug-likeness (QED) is 0.368. The summed E-state index contributed by atoms with van der Waals surface area (Å²) >= 11 is 0. The van der Waals surface area contributed by atoms with Crippen LogP contribution < -0.4 is 4.74 Å². The molecule has 0 saturated carbocycles. The van der Waals surface area contributed by atoms with Crippen LogP contribution in [0.1, 0.15) is 69.6 Å². The fourth-order valence-electron chi connectivity index (χ4n) is 4.93. The molecule has 1 atom stereocenters. The van der Waals surface area contributed by atoms with Gasteiger partial charge in [-0.3, -0.25) is 4.98 Å². The van der Waals surface area contributed by atoms with Gasteiger partial charge in [-0.05, 0) is 65.7 Å². The highest BCUT2D eigenvalue weighted by Gasteiger charge is 2.29. The Bertz CT molecular complexity index is 1500. The van der Waals surface area contributed by atoms with Crippen molar-refractivity contribution < 1.29 is 23.8 Å². The van der Waals surface area contributed by atoms with E-state index >= 15 is 0 Å². The first kappa shape index (κ1) is 27.5. The summed E-state index contributed by atoms with van der Waals surface area (Å²) in [7, 11) is 0. The minimum absolute atomic E-state index is 0.0923. The number of ether oxygens (including phenoxy) is 2. The van der Waals surface area contributed by atoms with Crippen molar-refractivity contribution in [2.75, 3.05) is 13.1 Å². The summed E-state index contributed by atoms with van der Waals surface area (Å²) in [6, 6.07) is 4.86. The number of nitrogens with zero attached hydrogens (tertiary/aromatic N) is 7. The maximum Gasteiger partial charge on any atom is 0.410 e. The summed E-state index contributed by atoms with van der Waals surface area (Å²) in [5.74, 6) is 0.0602. The number of carbonyl (C=O) groups excluding carboxylic acids is 1. The minimum Gasteiger partial charge on any atom is -0.482 e. The Morgan fingerprint density at radius 3 is 2.62 bits per heavy atom. The number of fused-ring (bicyclic) bond motifs is 1. The third-order valence-electron chi connectivity index (χ3n) is 6.96. The van der Waals surface area contributed by atoms with Gasteiger partial charge in [0.2, 0.25) is 0 Å². The van der Waals surface area contributed by atoms with Gasteiger partial charge in [-0.1, -0.05) is 5.21 Å². The number of amides is 1. The molecule has 4 aromatic heterocycles. The summed E-state index contributed by atoms with van der Waals surface area (Å²) < 4.78 is 28.8. The molecule has 0 bridgehead atoms. The molecule has 0 aliphatic carbocycles. The smallest absolute Gasteiger partial charge is 0.410 e. The van der Waals surface area contributed by atoms with Gasteiger partial charge in [0.15, 0.2) is 0 Å². The van der Waals surface area contributed by atoms with E-state index in [-0.39, 0.29) is 18.7 Å². The number of aliphatic hydroxyl groups is 1. The first-order valence-electron chi connectivity index (χ1n) is 13.3. The van der Waals surface area contributed by atoms with Gasteiger partial charge in [0.25, 0.3) is 0 Å². The molecular formula is C28H34FN7O4. The lowest BCUT2D eigenvalue weighted by Crippen LogP contribution is -2.42. The number of hydrogen-bond acceptors (Lipinski definition) is 8. The summed E-state index contributed by atoms with van der Waals surface area (Å²) in [6.07, 6.45) is 5.25. The normalized spacial score (nSPS) is 15.4. The second-order valence-corrected chi connectivity index (χ2v) is 11.0. The van der Waals surface area contributed by atoms with Crippen LogP contribution in [-0.2, 0) is 11.3 Å². The molecule has 1 aliphatic heterocycles. The number of halogens is 1. The zero-order valence-electron chi connectivity index (χ0n) is 23.3. The zero-order chi connectivity index (χ0) is 28.6. The molecule has 5 heterocycles. The van der Waals surface area contributed by atoms with Crippen molar-refractivity contribution in [3.63, 3.8) is 0 Å². The first-order valence-corrected chi connectivity index (χ1v) is 13.3. The number of aliphatic hydroxyl groups excluding tert-OH is 1. The van der Waals surface area contributed by atoms with Crippen molar-refractivity contribution in [2.45, 2.75) is 71.8 Å². The van der Waals surface area contributed by atoms with Crippen LogP contribution >= 0.6 is 0 Å². The Morgan fingerprint density at radius 1 is 1.23 bits per heavy atom. The van der Waals surface area contributed by atoms with Gasteiger partial charge in [0.05, 0.1) is 36.4 Å². The average molecular weight is 552 g/mol. The molecule has 12 heteroatoms. The van der Waals surface area contributed by atoms with E-state index in [1.165, 1.54) is 6.07 Å². The number of piperidine rings is 1. The highest BCUT2D eigenvalue weighted by Crippen LogP contribution is 2.34. The van der Waals surface area contributed by atoms with Crippen LogP contribution in [0, 0.1) is 12.7 Å². The molecule has 1 unspecified atom stereocenters. The maximum absolute atomic E-state index is 13.4. The van der Waals surface area contributed by atoms with Crippen molar-refractivity contribution in [1.82, 2.24) is 34.5 Å². The van der Waals surface area contributed by atoms with Crippen molar-refractivity contribution in [3.05, 3.63) is 59.6 Å². The molecule has 1 fully saturated rings. The molecular weight excluding hydrogens is 517 g/mol. The fourth-order valence-corrected chi connectivity index (χ4v) is 4.93. The van der Waals surface area contributed by atoms with Crippen molar-refractivity contribution in [3.8, 4) is 17.0 Å². The largest absolute Gasteiger partial charge is 0.482 e. The van der Waals surface area contributed by atoms with E-state index < -0.39 is 17.5 Å². The molecule has 4 aromatic rings. The lowest BCUT2D eigenvalue weighted by atomic mass is 10.0. The molecule has 0 radical (unpaired) electrons. The summed E-state index contributed by atoms with van der Waals surface area (Å²) in [4.78, 5) is 18.3. The van der Waals surface area contributed by atoms with Gasteiger partial charge in [0, 0.05) is 30.4 Å². The predicted molar refractivity (Wildman–Crippen MR) is 144 cm³/mol. The van der Waals surface area contributed by atoms with E-state index in [1.54, 1.807) is 21.7 Å². The Balaban J connectivity index is 1.40. The third kappa shape index (κ3) is 5.62. The number of rotatable bonds is 6. The van der Waals surface area contributed by atoms with Gasteiger partial charge < -0.3 is 19.5 Å². The summed E-state index contributed by atoms with van der Waals surface area (Å²) in [5.41, 5.74) is 3.56. The standard InChI is InChI=1S/C28H34FN7O4/c1-17-25(32-33-36(17)22-8-10-34(11-9-22)27(38)40-28(3,4)5)19-12-24(26-20(16-37)13-31-35(26)15-19)39-18(2)23-7-6-21(29)14-30-23/h6-7,12-15,18,22,37H,8-11,16H2,1-5H3. The van der Waals surface area contributed by atoms with E-state index in [2.05, 4.69) is 20.4 Å². The average Bonchev–Trinajstić information content (AvgIpc) is 3.51. The number of likely N-dealkylation sites (tertiary alicyclic amines) is 1. The van der Waals surface area contributed by atoms with Gasteiger partial charge in [0.1, 0.15) is 34.5 Å². The van der Waals surface area contributed by atoms with Crippen molar-refractivity contribution in [2.24, 2.45) is 0 Å². The molecule has 40 heavy (non-hydrogen) atoms. The summed E-state index contributed by atoms with van der Waals surface area (Å²) in [5, 5.41) is 23.3. The summed E-state index contributed by atoms with van der Waals surface area (Å²) in [6.45, 7) is 10.3. The van der Waals surface area contributed by atoms with Gasteiger partial charge in [-0.15, -0.1) is 5.10 Å². The maximum atomic E-state index is 13.4. The Morgan fingerprint density at radius 2 is 1.98 bits per heavy atom. The molecule has 1 amide bonds. The molecule has 5 rings (SSSR count). The van der Waals surface area contributed by atoms with E-state index in [9.17, 15) is 14.3 Å². The number of pyridine rings is 2. The van der Waals surface area contributed by atoms with Crippen LogP contribution in [0.25, 0.3) is 16.8 Å². The van der Waals surface area contributed by atoms with Gasteiger partial charge in [-0.25, -0.2) is 18.4 Å². The van der Waals surface area contributed by atoms with E-state index in [0.29, 0.717) is 41.3 Å². The fraction of sp³-hybridized carbons (Fsp3) is 0.464. The van der Waals surface area contributed by atoms with Crippen LogP contribution in [0.15, 0.2) is 36.8 Å². The van der Waals surface area contributed by atoms with E-state index in [4.69, 9.17) is 9.47 Å². The van der Waals surface area contributed by atoms with Crippen LogP contribution in [0.2, 0.25) is 0 Å². The second kappa shape index (κ2) is 10.8. The second-order valence-electron chi connectivity index (χ2n) is 11.0. The number of carbonyl (C=O) groups is 1. The number of hydrogen-bond donors (Lipinski definition) is 1. The molecule has 11 nitrogen and oxygen atoms in total. The molecule has 1 aliphatic rings. The monoisotopic (exact) mass is 551 g/mol. The third-order valence-corrected chi connectivity index (χ3v) is 6.96. The van der Waals surface area contributed by atoms with E-state index in [1.807, 2.05) is 51.6 Å². The number of aromatic nitrogens is 6. The molecule has 212 valence electrons. The molecule has 1 N–H and O–H groups in total. The Hall–Kier alpha value is -4.06. The highest BCUT2D eigenvalue weighted by molar-refractivity contribution is 5.72. The van der Waals surface area contributed by atoms with Crippen LogP contribution in [0.5, 0.6) is 5.75 Å². The molecule has 1 saturated heterocycles. The van der Waals surface area contributed by atoms with Crippen molar-refractivity contribution in [1.29, 1.82) is 0 Å². The Kier molecular flexibility index (Phi) is 7.45. The highest BCUT2D eigenvalue weighted by atomic mass is 19.1. The topological polar surface area (TPSA) is 120 Å². The predicted octanol–water partition coefficient (Wildman–Crippen LogP) is 4.64. The lowest BCUT2D eigenvalue weighted by Gasteiger charge is -2.33. The van der Waals surface area contributed by atoms with E-state index in [0.717, 1.165) is 30.3 Å². The van der Waals surface area contributed by atoms with Crippen LogP contribution in [0.4, 0.5) is 9.18 Å². The van der Waals surface area contributed by atoms with Crippen LogP contribution in [0.3, 0.4) is 0 Å². The van der Waals surface area contributed by atoms with Crippen LogP contribution in [-0.4, -0.2) is 64.4 Å². The molecule has 0 spiro atoms. The Labute approximate surface area is 231 Å². The van der Waals surface area contributed by atoms with Gasteiger partial charge >= 0.3 is 6.09 Å². The SMILES string of the molecule is Cc1c(-c2cc(OC(C)c3ccc(F)cn3)c3c(CO)cnn3c2)nnn1C1CCN(C(=O)OC(C)(C)C)CC1. The minimum atomic E-state index is -0.533. The zero-order valence-corrected chi connectivity index (χ0v) is 23.3. The van der Waals surface area contributed by atoms with Crippen molar-refractivity contribution >= 4 is 11.6 Å². The first-order chi connectivity index (χ1) is 19.0. The molecule has 0 aromatic carbocycles. The lowest BCUT2D eigenvalue weighted by molar-refractivity contribution is 0.0183. The van der Waals surface area contributed by atoms with Gasteiger partial charge in [-0.2, -0.15) is 5.10 Å².